The van der Waals surface area contributed by atoms with Gasteiger partial charge in [-0.15, -0.1) is 0 Å². The lowest BCUT2D eigenvalue weighted by Crippen LogP contribution is -2.12. The summed E-state index contributed by atoms with van der Waals surface area (Å²) in [7, 11) is 0. The van der Waals surface area contributed by atoms with E-state index in [1.165, 1.54) is 18.4 Å². The maximum Gasteiger partial charge on any atom is -0.00110 e. The van der Waals surface area contributed by atoms with Gasteiger partial charge < -0.3 is 5.73 Å². The van der Waals surface area contributed by atoms with Crippen molar-refractivity contribution in [2.75, 3.05) is 6.54 Å². The summed E-state index contributed by atoms with van der Waals surface area (Å²) >= 11 is 0. The van der Waals surface area contributed by atoms with Crippen molar-refractivity contribution in [2.45, 2.75) is 19.8 Å². The van der Waals surface area contributed by atoms with Gasteiger partial charge in [-0.2, -0.15) is 0 Å². The molecule has 0 saturated carbocycles. The van der Waals surface area contributed by atoms with Crippen LogP contribution in [0.5, 0.6) is 0 Å². The summed E-state index contributed by atoms with van der Waals surface area (Å²) in [6, 6.07) is 0. The second kappa shape index (κ2) is 3.57. The second-order valence-corrected chi connectivity index (χ2v) is 2.82. The molecule has 0 aromatic rings. The third kappa shape index (κ3) is 1.71. The lowest BCUT2D eigenvalue weighted by Gasteiger charge is -2.12. The summed E-state index contributed by atoms with van der Waals surface area (Å²) in [4.78, 5) is 0. The largest absolute Gasteiger partial charge is 0.330 e. The van der Waals surface area contributed by atoms with E-state index in [0.29, 0.717) is 5.92 Å². The van der Waals surface area contributed by atoms with Gasteiger partial charge in [-0.05, 0) is 30.9 Å². The molecule has 0 spiro atoms. The zero-order chi connectivity index (χ0) is 7.40. The number of rotatable bonds is 2. The number of hydrogen-bond acceptors (Lipinski definition) is 1. The standard InChI is InChI=1S/C9H15N/c1-8(7-10)9-5-3-2-4-6-9/h3,5-6,8H,2,4,7,10H2,1H3. The first kappa shape index (κ1) is 7.55. The topological polar surface area (TPSA) is 26.0 Å². The molecule has 0 bridgehead atoms. The fraction of sp³-hybridized carbons (Fsp3) is 0.556. The van der Waals surface area contributed by atoms with Gasteiger partial charge in [0.05, 0.1) is 0 Å². The zero-order valence-electron chi connectivity index (χ0n) is 6.51. The van der Waals surface area contributed by atoms with Gasteiger partial charge in [0, 0.05) is 0 Å². The van der Waals surface area contributed by atoms with Gasteiger partial charge in [0.15, 0.2) is 0 Å². The molecule has 0 amide bonds. The normalized spacial score (nSPS) is 20.4. The van der Waals surface area contributed by atoms with E-state index in [4.69, 9.17) is 5.73 Å². The Labute approximate surface area is 62.6 Å². The van der Waals surface area contributed by atoms with Crippen LogP contribution in [0.4, 0.5) is 0 Å². The average Bonchev–Trinajstić information content (AvgIpc) is 2.05. The van der Waals surface area contributed by atoms with E-state index in [-0.39, 0.29) is 0 Å². The summed E-state index contributed by atoms with van der Waals surface area (Å²) < 4.78 is 0. The third-order valence-corrected chi connectivity index (χ3v) is 1.95. The predicted octanol–water partition coefficient (Wildman–Crippen LogP) is 1.86. The van der Waals surface area contributed by atoms with Crippen LogP contribution in [0, 0.1) is 5.92 Å². The summed E-state index contributed by atoms with van der Waals surface area (Å²) in [5, 5.41) is 0. The van der Waals surface area contributed by atoms with Crippen molar-refractivity contribution >= 4 is 0 Å². The Morgan fingerprint density at radius 1 is 1.60 bits per heavy atom. The van der Waals surface area contributed by atoms with Gasteiger partial charge >= 0.3 is 0 Å². The van der Waals surface area contributed by atoms with Crippen molar-refractivity contribution in [3.63, 3.8) is 0 Å². The quantitative estimate of drug-likeness (QED) is 0.617. The van der Waals surface area contributed by atoms with Crippen molar-refractivity contribution in [3.8, 4) is 0 Å². The summed E-state index contributed by atoms with van der Waals surface area (Å²) in [6.45, 7) is 2.93. The fourth-order valence-electron chi connectivity index (χ4n) is 1.14. The van der Waals surface area contributed by atoms with Gasteiger partial charge in [-0.25, -0.2) is 0 Å². The molecular formula is C9H15N. The first-order chi connectivity index (χ1) is 4.84. The van der Waals surface area contributed by atoms with E-state index in [1.807, 2.05) is 0 Å². The van der Waals surface area contributed by atoms with E-state index in [2.05, 4.69) is 25.2 Å². The Hall–Kier alpha value is -0.560. The third-order valence-electron chi connectivity index (χ3n) is 1.95. The molecule has 1 rings (SSSR count). The Morgan fingerprint density at radius 2 is 2.40 bits per heavy atom. The fourth-order valence-corrected chi connectivity index (χ4v) is 1.14. The van der Waals surface area contributed by atoms with E-state index in [9.17, 15) is 0 Å². The highest BCUT2D eigenvalue weighted by Crippen LogP contribution is 2.16. The molecule has 10 heavy (non-hydrogen) atoms. The summed E-state index contributed by atoms with van der Waals surface area (Å²) in [5.74, 6) is 0.538. The van der Waals surface area contributed by atoms with Gasteiger partial charge in [0.2, 0.25) is 0 Å². The van der Waals surface area contributed by atoms with Crippen molar-refractivity contribution in [1.82, 2.24) is 0 Å². The Bertz CT molecular complexity index is 156. The van der Waals surface area contributed by atoms with Crippen LogP contribution in [-0.4, -0.2) is 6.54 Å². The molecule has 1 aliphatic rings. The molecular weight excluding hydrogens is 122 g/mol. The van der Waals surface area contributed by atoms with Gasteiger partial charge in [-0.1, -0.05) is 25.2 Å². The van der Waals surface area contributed by atoms with Crippen molar-refractivity contribution < 1.29 is 0 Å². The average molecular weight is 137 g/mol. The molecule has 1 heteroatoms. The number of nitrogens with two attached hydrogens (primary N) is 1. The highest BCUT2D eigenvalue weighted by Gasteiger charge is 2.04. The second-order valence-electron chi connectivity index (χ2n) is 2.82. The maximum absolute atomic E-state index is 5.53. The first-order valence-corrected chi connectivity index (χ1v) is 3.91. The molecule has 1 nitrogen and oxygen atoms in total. The molecule has 0 aromatic heterocycles. The Morgan fingerprint density at radius 3 is 2.90 bits per heavy atom. The lowest BCUT2D eigenvalue weighted by molar-refractivity contribution is 0.700. The van der Waals surface area contributed by atoms with Crippen molar-refractivity contribution in [3.05, 3.63) is 23.8 Å². The highest BCUT2D eigenvalue weighted by molar-refractivity contribution is 5.24. The number of hydrogen-bond donors (Lipinski definition) is 1. The molecule has 1 unspecified atom stereocenters. The van der Waals surface area contributed by atoms with E-state index in [0.717, 1.165) is 6.54 Å². The SMILES string of the molecule is CC(CN)C1=CCCC=C1. The molecule has 0 fully saturated rings. The van der Waals surface area contributed by atoms with Crippen molar-refractivity contribution in [2.24, 2.45) is 11.7 Å². The Kier molecular flexibility index (Phi) is 2.69. The first-order valence-electron chi connectivity index (χ1n) is 3.91. The number of allylic oxidation sites excluding steroid dienone is 3. The van der Waals surface area contributed by atoms with Crippen LogP contribution in [0.1, 0.15) is 19.8 Å². The van der Waals surface area contributed by atoms with Gasteiger partial charge in [-0.3, -0.25) is 0 Å². The smallest absolute Gasteiger partial charge is 0.00110 e. The molecule has 56 valence electrons. The molecule has 0 aromatic carbocycles. The molecule has 2 N–H and O–H groups in total. The van der Waals surface area contributed by atoms with Crippen LogP contribution in [0.25, 0.3) is 0 Å². The molecule has 0 saturated heterocycles. The molecule has 0 aliphatic heterocycles. The van der Waals surface area contributed by atoms with Gasteiger partial charge in [0.1, 0.15) is 0 Å². The van der Waals surface area contributed by atoms with E-state index in [1.54, 1.807) is 0 Å². The molecule has 1 aliphatic carbocycles. The van der Waals surface area contributed by atoms with Crippen LogP contribution in [0.2, 0.25) is 0 Å². The lowest BCUT2D eigenvalue weighted by atomic mass is 9.96. The van der Waals surface area contributed by atoms with Crippen LogP contribution in [-0.2, 0) is 0 Å². The van der Waals surface area contributed by atoms with Crippen LogP contribution in [0.3, 0.4) is 0 Å². The van der Waals surface area contributed by atoms with Crippen LogP contribution < -0.4 is 5.73 Å². The summed E-state index contributed by atoms with van der Waals surface area (Å²) in [6.07, 6.45) is 9.09. The summed E-state index contributed by atoms with van der Waals surface area (Å²) in [5.41, 5.74) is 6.94. The molecule has 1 atom stereocenters. The zero-order valence-corrected chi connectivity index (χ0v) is 6.51. The molecule has 0 radical (unpaired) electrons. The van der Waals surface area contributed by atoms with Gasteiger partial charge in [0.25, 0.3) is 0 Å². The minimum Gasteiger partial charge on any atom is -0.330 e. The van der Waals surface area contributed by atoms with E-state index >= 15 is 0 Å². The highest BCUT2D eigenvalue weighted by atomic mass is 14.5. The monoisotopic (exact) mass is 137 g/mol. The molecule has 0 heterocycles. The minimum absolute atomic E-state index is 0.538. The Balaban J connectivity index is 2.54. The minimum atomic E-state index is 0.538. The predicted molar refractivity (Wildman–Crippen MR) is 44.7 cm³/mol. The van der Waals surface area contributed by atoms with E-state index < -0.39 is 0 Å². The maximum atomic E-state index is 5.53. The van der Waals surface area contributed by atoms with Crippen molar-refractivity contribution in [1.29, 1.82) is 0 Å². The van der Waals surface area contributed by atoms with Crippen LogP contribution in [0.15, 0.2) is 23.8 Å². The van der Waals surface area contributed by atoms with Crippen LogP contribution >= 0.6 is 0 Å².